The molecule has 0 saturated heterocycles. The summed E-state index contributed by atoms with van der Waals surface area (Å²) in [6.07, 6.45) is 2.57. The van der Waals surface area contributed by atoms with E-state index in [2.05, 4.69) is 47.4 Å². The Morgan fingerprint density at radius 1 is 1.00 bits per heavy atom. The molecule has 0 atom stereocenters. The number of nitrogens with zero attached hydrogens (tertiary/aromatic N) is 2. The Bertz CT molecular complexity index is 714. The molecule has 3 aromatic rings. The number of aromatic nitrogens is 2. The van der Waals surface area contributed by atoms with Gasteiger partial charge in [-0.3, -0.25) is 0 Å². The van der Waals surface area contributed by atoms with Crippen LogP contribution in [0.25, 0.3) is 10.8 Å². The Morgan fingerprint density at radius 2 is 1.79 bits per heavy atom. The lowest BCUT2D eigenvalue weighted by Gasteiger charge is -2.07. The van der Waals surface area contributed by atoms with Crippen LogP contribution >= 0.6 is 23.2 Å². The third kappa shape index (κ3) is 2.46. The maximum Gasteiger partial charge on any atom is 0.166 e. The molecule has 0 aliphatic rings. The molecular formula is C15H12Cl2N2. The van der Waals surface area contributed by atoms with Crippen molar-refractivity contribution < 1.29 is 0 Å². The summed E-state index contributed by atoms with van der Waals surface area (Å²) in [5.41, 5.74) is 1.30. The molecule has 1 aromatic heterocycles. The molecule has 0 unspecified atom stereocenters. The summed E-state index contributed by atoms with van der Waals surface area (Å²) < 4.78 is 1.87. The zero-order chi connectivity index (χ0) is 13.2. The van der Waals surface area contributed by atoms with Gasteiger partial charge in [0.05, 0.1) is 6.33 Å². The maximum absolute atomic E-state index is 6.06. The van der Waals surface area contributed by atoms with Crippen LogP contribution in [0.15, 0.2) is 48.8 Å². The van der Waals surface area contributed by atoms with E-state index in [9.17, 15) is 0 Å². The molecule has 96 valence electrons. The number of aryl methyl sites for hydroxylation is 2. The Hall–Kier alpha value is -1.51. The van der Waals surface area contributed by atoms with Gasteiger partial charge in [0.15, 0.2) is 5.15 Å². The molecule has 0 amide bonds. The van der Waals surface area contributed by atoms with Crippen molar-refractivity contribution in [3.05, 3.63) is 64.7 Å². The standard InChI is InChI=1S/C15H12Cl2N2/c16-14-15(17)19(10-18-14)9-8-12-6-3-5-11-4-1-2-7-13(11)12/h1-7,10H,8-9H2. The predicted octanol–water partition coefficient (Wildman–Crippen LogP) is 4.59. The highest BCUT2D eigenvalue weighted by molar-refractivity contribution is 6.40. The second-order valence-corrected chi connectivity index (χ2v) is 5.12. The molecule has 0 radical (unpaired) electrons. The first-order valence-corrected chi connectivity index (χ1v) is 6.84. The number of hydrogen-bond donors (Lipinski definition) is 0. The number of imidazole rings is 1. The summed E-state index contributed by atoms with van der Waals surface area (Å²) in [4.78, 5) is 3.99. The summed E-state index contributed by atoms with van der Waals surface area (Å²) in [7, 11) is 0. The molecule has 2 aromatic carbocycles. The molecule has 0 aliphatic heterocycles. The van der Waals surface area contributed by atoms with Crippen molar-refractivity contribution in [2.75, 3.05) is 0 Å². The summed E-state index contributed by atoms with van der Waals surface area (Å²) in [5, 5.41) is 3.41. The van der Waals surface area contributed by atoms with Gasteiger partial charge in [0.2, 0.25) is 0 Å². The van der Waals surface area contributed by atoms with Crippen LogP contribution in [-0.4, -0.2) is 9.55 Å². The van der Waals surface area contributed by atoms with Gasteiger partial charge in [0.25, 0.3) is 0 Å². The van der Waals surface area contributed by atoms with E-state index in [1.165, 1.54) is 16.3 Å². The van der Waals surface area contributed by atoms with Gasteiger partial charge in [-0.05, 0) is 22.8 Å². The van der Waals surface area contributed by atoms with E-state index in [-0.39, 0.29) is 0 Å². The molecule has 0 aliphatic carbocycles. The van der Waals surface area contributed by atoms with Gasteiger partial charge < -0.3 is 4.57 Å². The summed E-state index contributed by atoms with van der Waals surface area (Å²) >= 11 is 11.9. The maximum atomic E-state index is 6.06. The second-order valence-electron chi connectivity index (χ2n) is 4.41. The van der Waals surface area contributed by atoms with E-state index in [0.29, 0.717) is 10.3 Å². The Morgan fingerprint density at radius 3 is 2.58 bits per heavy atom. The van der Waals surface area contributed by atoms with E-state index in [1.807, 2.05) is 4.57 Å². The lowest BCUT2D eigenvalue weighted by Crippen LogP contribution is -2.00. The van der Waals surface area contributed by atoms with E-state index in [4.69, 9.17) is 23.2 Å². The number of halogens is 2. The normalized spacial score (nSPS) is 11.1. The van der Waals surface area contributed by atoms with E-state index in [1.54, 1.807) is 6.33 Å². The third-order valence-electron chi connectivity index (χ3n) is 3.23. The molecule has 2 nitrogen and oxygen atoms in total. The zero-order valence-corrected chi connectivity index (χ0v) is 11.7. The van der Waals surface area contributed by atoms with Crippen molar-refractivity contribution in [2.24, 2.45) is 0 Å². The fourth-order valence-electron chi connectivity index (χ4n) is 2.25. The highest BCUT2D eigenvalue weighted by atomic mass is 35.5. The largest absolute Gasteiger partial charge is 0.320 e. The average Bonchev–Trinajstić information content (AvgIpc) is 2.76. The smallest absolute Gasteiger partial charge is 0.166 e. The number of hydrogen-bond acceptors (Lipinski definition) is 1. The van der Waals surface area contributed by atoms with E-state index in [0.717, 1.165) is 13.0 Å². The van der Waals surface area contributed by atoms with Crippen molar-refractivity contribution in [1.82, 2.24) is 9.55 Å². The monoisotopic (exact) mass is 290 g/mol. The molecule has 1 heterocycles. The van der Waals surface area contributed by atoms with Crippen molar-refractivity contribution >= 4 is 34.0 Å². The van der Waals surface area contributed by atoms with Gasteiger partial charge in [0.1, 0.15) is 5.15 Å². The molecule has 19 heavy (non-hydrogen) atoms. The highest BCUT2D eigenvalue weighted by Crippen LogP contribution is 2.22. The van der Waals surface area contributed by atoms with Crippen LogP contribution in [0.5, 0.6) is 0 Å². The van der Waals surface area contributed by atoms with Crippen LogP contribution < -0.4 is 0 Å². The number of benzene rings is 2. The van der Waals surface area contributed by atoms with Gasteiger partial charge in [-0.1, -0.05) is 65.7 Å². The van der Waals surface area contributed by atoms with E-state index >= 15 is 0 Å². The lowest BCUT2D eigenvalue weighted by atomic mass is 10.0. The summed E-state index contributed by atoms with van der Waals surface area (Å²) in [6.45, 7) is 0.770. The Kier molecular flexibility index (Phi) is 3.45. The Balaban J connectivity index is 1.88. The SMILES string of the molecule is Clc1ncn(CCc2cccc3ccccc23)c1Cl. The van der Waals surface area contributed by atoms with Crippen LogP contribution in [0.2, 0.25) is 10.3 Å². The molecule has 4 heteroatoms. The molecular weight excluding hydrogens is 279 g/mol. The van der Waals surface area contributed by atoms with Crippen LogP contribution in [0.4, 0.5) is 0 Å². The minimum absolute atomic E-state index is 0.361. The highest BCUT2D eigenvalue weighted by Gasteiger charge is 2.06. The minimum atomic E-state index is 0.361. The Labute approximate surface area is 121 Å². The van der Waals surface area contributed by atoms with Gasteiger partial charge in [-0.25, -0.2) is 4.98 Å². The van der Waals surface area contributed by atoms with Crippen molar-refractivity contribution in [2.45, 2.75) is 13.0 Å². The molecule has 3 rings (SSSR count). The van der Waals surface area contributed by atoms with Gasteiger partial charge in [0, 0.05) is 6.54 Å². The third-order valence-corrected chi connectivity index (χ3v) is 4.00. The number of rotatable bonds is 3. The molecule has 0 N–H and O–H groups in total. The van der Waals surface area contributed by atoms with E-state index < -0.39 is 0 Å². The fraction of sp³-hybridized carbons (Fsp3) is 0.133. The molecule has 0 bridgehead atoms. The summed E-state index contributed by atoms with van der Waals surface area (Å²) in [6, 6.07) is 14.7. The molecule has 0 spiro atoms. The van der Waals surface area contributed by atoms with Crippen molar-refractivity contribution in [3.8, 4) is 0 Å². The first kappa shape index (κ1) is 12.5. The predicted molar refractivity (Wildman–Crippen MR) is 79.9 cm³/mol. The second kappa shape index (κ2) is 5.24. The minimum Gasteiger partial charge on any atom is -0.320 e. The molecule has 0 fully saturated rings. The topological polar surface area (TPSA) is 17.8 Å². The van der Waals surface area contributed by atoms with Crippen LogP contribution in [0, 0.1) is 0 Å². The van der Waals surface area contributed by atoms with Crippen molar-refractivity contribution in [3.63, 3.8) is 0 Å². The first-order chi connectivity index (χ1) is 9.25. The van der Waals surface area contributed by atoms with Crippen LogP contribution in [0.3, 0.4) is 0 Å². The van der Waals surface area contributed by atoms with Crippen molar-refractivity contribution in [1.29, 1.82) is 0 Å². The number of fused-ring (bicyclic) bond motifs is 1. The average molecular weight is 291 g/mol. The zero-order valence-electron chi connectivity index (χ0n) is 10.2. The van der Waals surface area contributed by atoms with Gasteiger partial charge >= 0.3 is 0 Å². The van der Waals surface area contributed by atoms with Crippen LogP contribution in [0.1, 0.15) is 5.56 Å². The quantitative estimate of drug-likeness (QED) is 0.690. The summed E-state index contributed by atoms with van der Waals surface area (Å²) in [5.74, 6) is 0. The molecule has 0 saturated carbocycles. The lowest BCUT2D eigenvalue weighted by molar-refractivity contribution is 0.699. The first-order valence-electron chi connectivity index (χ1n) is 6.08. The van der Waals surface area contributed by atoms with Crippen LogP contribution in [-0.2, 0) is 13.0 Å². The fourth-order valence-corrected chi connectivity index (χ4v) is 2.58. The van der Waals surface area contributed by atoms with Gasteiger partial charge in [-0.2, -0.15) is 0 Å². The van der Waals surface area contributed by atoms with Gasteiger partial charge in [-0.15, -0.1) is 0 Å².